The maximum absolute atomic E-state index is 12.9. The van der Waals surface area contributed by atoms with E-state index in [1.54, 1.807) is 26.0 Å². The van der Waals surface area contributed by atoms with E-state index in [1.165, 1.54) is 13.0 Å². The maximum Gasteiger partial charge on any atom is 0.417 e. The summed E-state index contributed by atoms with van der Waals surface area (Å²) in [4.78, 5) is 12.2. The van der Waals surface area contributed by atoms with Gasteiger partial charge in [0.15, 0.2) is 6.10 Å². The smallest absolute Gasteiger partial charge is 0.417 e. The molecule has 2 rings (SSSR count). The largest absolute Gasteiger partial charge is 0.481 e. The molecule has 0 bridgehead atoms. The van der Waals surface area contributed by atoms with Crippen LogP contribution in [0.3, 0.4) is 0 Å². The lowest BCUT2D eigenvalue weighted by atomic mass is 10.1. The van der Waals surface area contributed by atoms with Crippen LogP contribution in [0.15, 0.2) is 30.3 Å². The van der Waals surface area contributed by atoms with E-state index in [0.717, 1.165) is 23.3 Å². The van der Waals surface area contributed by atoms with Gasteiger partial charge in [-0.25, -0.2) is 0 Å². The molecule has 0 spiro atoms. The molecule has 0 heterocycles. The molecular formula is C18H16Cl2F3NO2. The quantitative estimate of drug-likeness (QED) is 0.673. The summed E-state index contributed by atoms with van der Waals surface area (Å²) in [7, 11) is 0. The fourth-order valence-electron chi connectivity index (χ4n) is 2.30. The molecule has 2 aromatic carbocycles. The molecule has 0 unspecified atom stereocenters. The van der Waals surface area contributed by atoms with Gasteiger partial charge in [0, 0.05) is 10.7 Å². The Kier molecular flexibility index (Phi) is 6.09. The molecule has 0 aliphatic carbocycles. The molecule has 0 aliphatic rings. The van der Waals surface area contributed by atoms with Crippen LogP contribution < -0.4 is 10.1 Å². The van der Waals surface area contributed by atoms with Gasteiger partial charge in [-0.2, -0.15) is 13.2 Å². The van der Waals surface area contributed by atoms with Crippen LogP contribution in [0.4, 0.5) is 18.9 Å². The molecule has 1 atom stereocenters. The number of ether oxygens (including phenoxy) is 1. The number of alkyl halides is 3. The van der Waals surface area contributed by atoms with Crippen LogP contribution in [0.2, 0.25) is 10.0 Å². The number of halogens is 5. The number of nitrogens with one attached hydrogen (secondary N) is 1. The van der Waals surface area contributed by atoms with E-state index in [9.17, 15) is 18.0 Å². The molecule has 3 nitrogen and oxygen atoms in total. The molecule has 8 heteroatoms. The number of aryl methyl sites for hydroxylation is 2. The van der Waals surface area contributed by atoms with E-state index in [-0.39, 0.29) is 5.69 Å². The molecule has 2 aromatic rings. The SMILES string of the molecule is Cc1cc(O[C@@H](C)C(=O)Nc2ccc(Cl)c(C(F)(F)F)c2)cc(C)c1Cl. The van der Waals surface area contributed by atoms with Gasteiger partial charge < -0.3 is 10.1 Å². The van der Waals surface area contributed by atoms with Gasteiger partial charge in [-0.1, -0.05) is 23.2 Å². The monoisotopic (exact) mass is 405 g/mol. The van der Waals surface area contributed by atoms with Gasteiger partial charge in [0.1, 0.15) is 5.75 Å². The van der Waals surface area contributed by atoms with Gasteiger partial charge in [0.05, 0.1) is 10.6 Å². The highest BCUT2D eigenvalue weighted by Crippen LogP contribution is 2.36. The molecule has 0 aliphatic heterocycles. The third kappa shape index (κ3) is 4.83. The zero-order chi connectivity index (χ0) is 19.6. The van der Waals surface area contributed by atoms with Gasteiger partial charge >= 0.3 is 6.18 Å². The highest BCUT2D eigenvalue weighted by atomic mass is 35.5. The Bertz CT molecular complexity index is 815. The fraction of sp³-hybridized carbons (Fsp3) is 0.278. The second kappa shape index (κ2) is 7.76. The van der Waals surface area contributed by atoms with Crippen LogP contribution in [0.5, 0.6) is 5.75 Å². The van der Waals surface area contributed by atoms with Crippen molar-refractivity contribution in [2.24, 2.45) is 0 Å². The van der Waals surface area contributed by atoms with Crippen molar-refractivity contribution < 1.29 is 22.7 Å². The van der Waals surface area contributed by atoms with Gasteiger partial charge in [0.25, 0.3) is 5.91 Å². The average Bonchev–Trinajstić information content (AvgIpc) is 2.53. The number of benzene rings is 2. The maximum atomic E-state index is 12.9. The standard InChI is InChI=1S/C18H16Cl2F3NO2/c1-9-6-13(7-10(2)16(9)20)26-11(3)17(25)24-12-4-5-15(19)14(8-12)18(21,22)23/h4-8,11H,1-3H3,(H,24,25)/t11-/m0/s1. The van der Waals surface area contributed by atoms with Crippen LogP contribution in [-0.2, 0) is 11.0 Å². The minimum Gasteiger partial charge on any atom is -0.481 e. The number of hydrogen-bond acceptors (Lipinski definition) is 2. The van der Waals surface area contributed by atoms with Crippen molar-refractivity contribution >= 4 is 34.8 Å². The molecule has 26 heavy (non-hydrogen) atoms. The summed E-state index contributed by atoms with van der Waals surface area (Å²) in [6.07, 6.45) is -5.54. The Balaban J connectivity index is 2.13. The number of hydrogen-bond donors (Lipinski definition) is 1. The molecule has 0 saturated carbocycles. The van der Waals surface area contributed by atoms with Crippen molar-refractivity contribution in [1.29, 1.82) is 0 Å². The first-order chi connectivity index (χ1) is 12.0. The lowest BCUT2D eigenvalue weighted by Gasteiger charge is -2.17. The van der Waals surface area contributed by atoms with E-state index in [4.69, 9.17) is 27.9 Å². The minimum atomic E-state index is -4.61. The Morgan fingerprint density at radius 3 is 2.23 bits per heavy atom. The third-order valence-corrected chi connectivity index (χ3v) is 4.56. The molecule has 1 amide bonds. The Morgan fingerprint density at radius 1 is 1.12 bits per heavy atom. The highest BCUT2D eigenvalue weighted by molar-refractivity contribution is 6.32. The molecule has 0 radical (unpaired) electrons. The van der Waals surface area contributed by atoms with Crippen molar-refractivity contribution in [1.82, 2.24) is 0 Å². The van der Waals surface area contributed by atoms with Crippen molar-refractivity contribution in [2.45, 2.75) is 33.1 Å². The van der Waals surface area contributed by atoms with Crippen LogP contribution >= 0.6 is 23.2 Å². The van der Waals surface area contributed by atoms with Gasteiger partial charge in [0.2, 0.25) is 0 Å². The molecule has 1 N–H and O–H groups in total. The Labute approximate surface area is 159 Å². The number of carbonyl (C=O) groups is 1. The summed E-state index contributed by atoms with van der Waals surface area (Å²) < 4.78 is 44.2. The van der Waals surface area contributed by atoms with Crippen LogP contribution in [-0.4, -0.2) is 12.0 Å². The van der Waals surface area contributed by atoms with Crippen molar-refractivity contribution in [3.8, 4) is 5.75 Å². The van der Waals surface area contributed by atoms with E-state index in [2.05, 4.69) is 5.32 Å². The number of carbonyl (C=O) groups excluding carboxylic acids is 1. The first kappa shape index (κ1) is 20.4. The summed E-state index contributed by atoms with van der Waals surface area (Å²) in [5, 5.41) is 2.56. The first-order valence-corrected chi connectivity index (χ1v) is 8.35. The van der Waals surface area contributed by atoms with Crippen molar-refractivity contribution in [3.05, 3.63) is 57.1 Å². The zero-order valence-corrected chi connectivity index (χ0v) is 15.7. The third-order valence-electron chi connectivity index (χ3n) is 3.63. The molecule has 0 aromatic heterocycles. The number of amides is 1. The first-order valence-electron chi connectivity index (χ1n) is 7.60. The van der Waals surface area contributed by atoms with E-state index >= 15 is 0 Å². The molecule has 140 valence electrons. The fourth-order valence-corrected chi connectivity index (χ4v) is 2.63. The second-order valence-corrected chi connectivity index (χ2v) is 6.60. The van der Waals surface area contributed by atoms with Gasteiger partial charge in [-0.15, -0.1) is 0 Å². The highest BCUT2D eigenvalue weighted by Gasteiger charge is 2.33. The van der Waals surface area contributed by atoms with E-state index in [0.29, 0.717) is 10.8 Å². The average molecular weight is 406 g/mol. The summed E-state index contributed by atoms with van der Waals surface area (Å²) in [6, 6.07) is 6.52. The summed E-state index contributed by atoms with van der Waals surface area (Å²) in [5.74, 6) is -0.148. The number of rotatable bonds is 4. The van der Waals surface area contributed by atoms with E-state index < -0.39 is 28.8 Å². The lowest BCUT2D eigenvalue weighted by Crippen LogP contribution is -2.30. The van der Waals surface area contributed by atoms with Gasteiger partial charge in [-0.05, 0) is 62.2 Å². The lowest BCUT2D eigenvalue weighted by molar-refractivity contribution is -0.137. The van der Waals surface area contributed by atoms with Crippen LogP contribution in [0, 0.1) is 13.8 Å². The van der Waals surface area contributed by atoms with Crippen molar-refractivity contribution in [3.63, 3.8) is 0 Å². The Morgan fingerprint density at radius 2 is 1.69 bits per heavy atom. The predicted octanol–water partition coefficient (Wildman–Crippen LogP) is 6.04. The second-order valence-electron chi connectivity index (χ2n) is 5.81. The minimum absolute atomic E-state index is 0.0226. The predicted molar refractivity (Wildman–Crippen MR) is 96.1 cm³/mol. The molecular weight excluding hydrogens is 390 g/mol. The normalized spacial score (nSPS) is 12.6. The van der Waals surface area contributed by atoms with Crippen LogP contribution in [0.1, 0.15) is 23.6 Å². The van der Waals surface area contributed by atoms with Crippen molar-refractivity contribution in [2.75, 3.05) is 5.32 Å². The summed E-state index contributed by atoms with van der Waals surface area (Å²) >= 11 is 11.6. The number of anilines is 1. The molecule has 0 fully saturated rings. The zero-order valence-electron chi connectivity index (χ0n) is 14.2. The van der Waals surface area contributed by atoms with E-state index in [1.807, 2.05) is 0 Å². The topological polar surface area (TPSA) is 38.3 Å². The Hall–Kier alpha value is -1.92. The van der Waals surface area contributed by atoms with Crippen LogP contribution in [0.25, 0.3) is 0 Å². The van der Waals surface area contributed by atoms with Gasteiger partial charge in [-0.3, -0.25) is 4.79 Å². The molecule has 0 saturated heterocycles. The summed E-state index contributed by atoms with van der Waals surface area (Å²) in [5.41, 5.74) is 0.545. The summed E-state index contributed by atoms with van der Waals surface area (Å²) in [6.45, 7) is 5.10.